The summed E-state index contributed by atoms with van der Waals surface area (Å²) in [5, 5.41) is 9.22. The van der Waals surface area contributed by atoms with Crippen molar-refractivity contribution in [2.75, 3.05) is 0 Å². The molecule has 0 amide bonds. The van der Waals surface area contributed by atoms with Crippen LogP contribution in [0, 0.1) is 10.1 Å². The quantitative estimate of drug-likeness (QED) is 0.516. The Kier molecular flexibility index (Phi) is 3.60. The summed E-state index contributed by atoms with van der Waals surface area (Å²) in [7, 11) is 0. The molecule has 1 heterocycles. The van der Waals surface area contributed by atoms with Crippen molar-refractivity contribution >= 4 is 22.5 Å². The van der Waals surface area contributed by atoms with Gasteiger partial charge in [0.15, 0.2) is 0 Å². The maximum atomic E-state index is 11.9. The van der Waals surface area contributed by atoms with Gasteiger partial charge in [0.25, 0.3) is 16.6 Å². The standard InChI is InChI=1S/C7H2ClF3N2O5/c8-5(14)2-1-3(13(16)17)4(6(15)12-2)18-7(9,10)11/h1H,(H,12,15). The summed E-state index contributed by atoms with van der Waals surface area (Å²) in [6.45, 7) is 0. The Morgan fingerprint density at radius 1 is 1.50 bits per heavy atom. The van der Waals surface area contributed by atoms with Gasteiger partial charge in [-0.15, -0.1) is 13.2 Å². The van der Waals surface area contributed by atoms with Crippen molar-refractivity contribution in [2.24, 2.45) is 0 Å². The monoisotopic (exact) mass is 286 g/mol. The van der Waals surface area contributed by atoms with Gasteiger partial charge in [-0.25, -0.2) is 0 Å². The number of halogens is 4. The van der Waals surface area contributed by atoms with Gasteiger partial charge in [-0.1, -0.05) is 0 Å². The first kappa shape index (κ1) is 14.0. The van der Waals surface area contributed by atoms with Crippen molar-refractivity contribution in [3.05, 3.63) is 32.2 Å². The summed E-state index contributed by atoms with van der Waals surface area (Å²) in [4.78, 5) is 32.6. The van der Waals surface area contributed by atoms with Crippen LogP contribution >= 0.6 is 11.6 Å². The van der Waals surface area contributed by atoms with Crippen LogP contribution in [-0.2, 0) is 0 Å². The fourth-order valence-electron chi connectivity index (χ4n) is 0.990. The Hall–Kier alpha value is -2.10. The topological polar surface area (TPSA) is 102 Å². The van der Waals surface area contributed by atoms with Gasteiger partial charge < -0.3 is 9.72 Å². The number of carbonyl (C=O) groups is 1. The van der Waals surface area contributed by atoms with Crippen LogP contribution in [0.15, 0.2) is 10.9 Å². The molecular formula is C7H2ClF3N2O5. The maximum absolute atomic E-state index is 11.9. The van der Waals surface area contributed by atoms with E-state index in [1.54, 1.807) is 4.98 Å². The molecule has 1 N–H and O–H groups in total. The third-order valence-electron chi connectivity index (χ3n) is 1.59. The van der Waals surface area contributed by atoms with Crippen molar-refractivity contribution in [2.45, 2.75) is 6.36 Å². The van der Waals surface area contributed by atoms with E-state index in [1.807, 2.05) is 0 Å². The van der Waals surface area contributed by atoms with Crippen molar-refractivity contribution in [1.82, 2.24) is 4.98 Å². The van der Waals surface area contributed by atoms with E-state index in [-0.39, 0.29) is 0 Å². The van der Waals surface area contributed by atoms with Crippen LogP contribution in [0.1, 0.15) is 10.5 Å². The van der Waals surface area contributed by atoms with Crippen molar-refractivity contribution < 1.29 is 27.6 Å². The van der Waals surface area contributed by atoms with Crippen LogP contribution in [0.4, 0.5) is 18.9 Å². The number of aromatic amines is 1. The number of nitrogens with zero attached hydrogens (tertiary/aromatic N) is 1. The Balaban J connectivity index is 3.47. The first-order chi connectivity index (χ1) is 8.11. The van der Waals surface area contributed by atoms with Crippen molar-refractivity contribution in [3.8, 4) is 5.75 Å². The Morgan fingerprint density at radius 3 is 2.44 bits per heavy atom. The summed E-state index contributed by atoms with van der Waals surface area (Å²) in [5.74, 6) is -1.57. The van der Waals surface area contributed by atoms with E-state index >= 15 is 0 Å². The first-order valence-corrected chi connectivity index (χ1v) is 4.37. The summed E-state index contributed by atoms with van der Waals surface area (Å²) in [6.07, 6.45) is -5.29. The van der Waals surface area contributed by atoms with E-state index in [4.69, 9.17) is 11.6 Å². The lowest BCUT2D eigenvalue weighted by Crippen LogP contribution is -2.24. The molecule has 0 saturated heterocycles. The molecule has 0 radical (unpaired) electrons. The predicted octanol–water partition coefficient (Wildman–Crippen LogP) is 1.56. The van der Waals surface area contributed by atoms with E-state index in [1.165, 1.54) is 0 Å². The third-order valence-corrected chi connectivity index (χ3v) is 1.80. The van der Waals surface area contributed by atoms with Crippen LogP contribution in [0.3, 0.4) is 0 Å². The number of hydrogen-bond donors (Lipinski definition) is 1. The highest BCUT2D eigenvalue weighted by molar-refractivity contribution is 6.67. The minimum absolute atomic E-state index is 0.373. The first-order valence-electron chi connectivity index (χ1n) is 3.99. The molecule has 1 aromatic rings. The number of aromatic nitrogens is 1. The van der Waals surface area contributed by atoms with Gasteiger partial charge in [0.1, 0.15) is 5.69 Å². The fraction of sp³-hybridized carbons (Fsp3) is 0.143. The molecule has 0 atom stereocenters. The molecule has 98 valence electrons. The molecule has 1 rings (SSSR count). The minimum Gasteiger partial charge on any atom is -0.392 e. The average molecular weight is 287 g/mol. The Morgan fingerprint density at radius 2 is 2.06 bits per heavy atom. The molecule has 0 bridgehead atoms. The molecule has 1 aromatic heterocycles. The Bertz CT molecular complexity index is 567. The van der Waals surface area contributed by atoms with Crippen LogP contribution in [0.2, 0.25) is 0 Å². The second-order valence-electron chi connectivity index (χ2n) is 2.81. The van der Waals surface area contributed by atoms with E-state index in [2.05, 4.69) is 4.74 Å². The maximum Gasteiger partial charge on any atom is 0.573 e. The zero-order chi connectivity index (χ0) is 14.1. The molecule has 11 heteroatoms. The lowest BCUT2D eigenvalue weighted by atomic mass is 10.3. The van der Waals surface area contributed by atoms with Crippen LogP contribution in [0.5, 0.6) is 5.75 Å². The highest BCUT2D eigenvalue weighted by atomic mass is 35.5. The highest BCUT2D eigenvalue weighted by Crippen LogP contribution is 2.28. The number of nitro groups is 1. The van der Waals surface area contributed by atoms with Gasteiger partial charge in [-0.05, 0) is 11.6 Å². The highest BCUT2D eigenvalue weighted by Gasteiger charge is 2.36. The van der Waals surface area contributed by atoms with Crippen molar-refractivity contribution in [3.63, 3.8) is 0 Å². The summed E-state index contributed by atoms with van der Waals surface area (Å²) < 4.78 is 39.0. The molecule has 18 heavy (non-hydrogen) atoms. The SMILES string of the molecule is O=C(Cl)c1cc([N+](=O)[O-])c(OC(F)(F)F)c(=O)[nH]1. The van der Waals surface area contributed by atoms with Crippen LogP contribution in [0.25, 0.3) is 0 Å². The molecule has 0 aliphatic carbocycles. The Labute approximate surface area is 100 Å². The second-order valence-corrected chi connectivity index (χ2v) is 3.15. The van der Waals surface area contributed by atoms with Gasteiger partial charge in [-0.2, -0.15) is 0 Å². The minimum atomic E-state index is -5.29. The van der Waals surface area contributed by atoms with Gasteiger partial charge in [0.2, 0.25) is 0 Å². The number of alkyl halides is 3. The van der Waals surface area contributed by atoms with Crippen LogP contribution < -0.4 is 10.3 Å². The van der Waals surface area contributed by atoms with Gasteiger partial charge in [-0.3, -0.25) is 19.7 Å². The molecular weight excluding hydrogens is 285 g/mol. The largest absolute Gasteiger partial charge is 0.573 e. The summed E-state index contributed by atoms with van der Waals surface area (Å²) in [5.41, 5.74) is -3.63. The molecule has 0 fully saturated rings. The second kappa shape index (κ2) is 4.64. The summed E-state index contributed by atoms with van der Waals surface area (Å²) in [6, 6.07) is 0.373. The van der Waals surface area contributed by atoms with E-state index < -0.39 is 39.2 Å². The molecule has 0 aromatic carbocycles. The number of ether oxygens (including phenoxy) is 1. The van der Waals surface area contributed by atoms with E-state index in [0.29, 0.717) is 6.07 Å². The third kappa shape index (κ3) is 3.20. The average Bonchev–Trinajstić information content (AvgIpc) is 2.18. The number of H-pyrrole nitrogens is 1. The zero-order valence-corrected chi connectivity index (χ0v) is 8.83. The van der Waals surface area contributed by atoms with E-state index in [9.17, 15) is 32.9 Å². The number of rotatable bonds is 3. The van der Waals surface area contributed by atoms with Crippen LogP contribution in [-0.4, -0.2) is 21.5 Å². The van der Waals surface area contributed by atoms with E-state index in [0.717, 1.165) is 0 Å². The fourth-order valence-corrected chi connectivity index (χ4v) is 1.09. The number of nitrogens with one attached hydrogen (secondary N) is 1. The molecule has 0 saturated carbocycles. The lowest BCUT2D eigenvalue weighted by molar-refractivity contribution is -0.388. The van der Waals surface area contributed by atoms with Gasteiger partial charge >= 0.3 is 12.0 Å². The molecule has 0 spiro atoms. The van der Waals surface area contributed by atoms with Gasteiger partial charge in [0, 0.05) is 6.07 Å². The number of pyridine rings is 1. The molecule has 0 aliphatic heterocycles. The number of hydrogen-bond acceptors (Lipinski definition) is 5. The van der Waals surface area contributed by atoms with Gasteiger partial charge in [0.05, 0.1) is 4.92 Å². The zero-order valence-electron chi connectivity index (χ0n) is 8.08. The smallest absolute Gasteiger partial charge is 0.392 e. The normalized spacial score (nSPS) is 11.1. The molecule has 7 nitrogen and oxygen atoms in total. The molecule has 0 aliphatic rings. The number of carbonyl (C=O) groups excluding carboxylic acids is 1. The summed E-state index contributed by atoms with van der Waals surface area (Å²) >= 11 is 4.94. The lowest BCUT2D eigenvalue weighted by Gasteiger charge is -2.08. The predicted molar refractivity (Wildman–Crippen MR) is 50.6 cm³/mol. The molecule has 0 unspecified atom stereocenters. The van der Waals surface area contributed by atoms with Crippen molar-refractivity contribution in [1.29, 1.82) is 0 Å².